The van der Waals surface area contributed by atoms with Gasteiger partial charge in [0.05, 0.1) is 12.0 Å². The van der Waals surface area contributed by atoms with E-state index in [0.29, 0.717) is 12.4 Å². The minimum Gasteiger partial charge on any atom is -0.378 e. The zero-order valence-corrected chi connectivity index (χ0v) is 11.0. The van der Waals surface area contributed by atoms with E-state index in [1.165, 1.54) is 0 Å². The fraction of sp³-hybridized carbons (Fsp3) is 0.538. The molecule has 0 unspecified atom stereocenters. The van der Waals surface area contributed by atoms with Crippen LogP contribution in [0.25, 0.3) is 0 Å². The summed E-state index contributed by atoms with van der Waals surface area (Å²) in [7, 11) is 3.90. The Balaban J connectivity index is 2.04. The van der Waals surface area contributed by atoms with Crippen LogP contribution in [0.2, 0.25) is 0 Å². The van der Waals surface area contributed by atoms with E-state index in [1.807, 2.05) is 38.1 Å². The lowest BCUT2D eigenvalue weighted by Gasteiger charge is -2.16. The Morgan fingerprint density at radius 1 is 1.56 bits per heavy atom. The first-order valence-electron chi connectivity index (χ1n) is 6.14. The second-order valence-corrected chi connectivity index (χ2v) is 4.75. The molecule has 0 saturated carbocycles. The molecule has 2 atom stereocenters. The summed E-state index contributed by atoms with van der Waals surface area (Å²) in [6.45, 7) is 2.59. The molecule has 0 bridgehead atoms. The van der Waals surface area contributed by atoms with Crippen LogP contribution in [0.4, 0.5) is 11.5 Å². The molecule has 1 aliphatic heterocycles. The monoisotopic (exact) mass is 249 g/mol. The first-order chi connectivity index (χ1) is 8.58. The largest absolute Gasteiger partial charge is 0.378 e. The van der Waals surface area contributed by atoms with Crippen molar-refractivity contribution in [2.45, 2.75) is 19.4 Å². The number of hydrogen-bond acceptors (Lipinski definition) is 4. The molecule has 5 heteroatoms. The molecule has 1 aromatic rings. The molecule has 0 aliphatic carbocycles. The molecule has 0 spiro atoms. The van der Waals surface area contributed by atoms with Gasteiger partial charge in [0.25, 0.3) is 0 Å². The summed E-state index contributed by atoms with van der Waals surface area (Å²) >= 11 is 0. The molecule has 1 N–H and O–H groups in total. The molecule has 1 aliphatic rings. The van der Waals surface area contributed by atoms with Crippen molar-refractivity contribution in [3.63, 3.8) is 0 Å². The van der Waals surface area contributed by atoms with Crippen molar-refractivity contribution >= 4 is 17.4 Å². The van der Waals surface area contributed by atoms with Crippen molar-refractivity contribution in [2.24, 2.45) is 5.92 Å². The van der Waals surface area contributed by atoms with Gasteiger partial charge < -0.3 is 15.0 Å². The van der Waals surface area contributed by atoms with Crippen molar-refractivity contribution in [1.29, 1.82) is 0 Å². The van der Waals surface area contributed by atoms with Crippen LogP contribution in [-0.2, 0) is 9.53 Å². The van der Waals surface area contributed by atoms with Crippen molar-refractivity contribution in [1.82, 2.24) is 4.98 Å². The van der Waals surface area contributed by atoms with Crippen LogP contribution < -0.4 is 10.2 Å². The third-order valence-corrected chi connectivity index (χ3v) is 3.22. The van der Waals surface area contributed by atoms with Crippen LogP contribution in [-0.4, -0.2) is 37.7 Å². The van der Waals surface area contributed by atoms with Crippen LogP contribution >= 0.6 is 0 Å². The summed E-state index contributed by atoms with van der Waals surface area (Å²) in [5, 5.41) is 2.85. The smallest absolute Gasteiger partial charge is 0.231 e. The molecule has 1 aromatic heterocycles. The van der Waals surface area contributed by atoms with Gasteiger partial charge in [0.15, 0.2) is 0 Å². The lowest BCUT2D eigenvalue weighted by Crippen LogP contribution is -2.28. The number of rotatable bonds is 3. The highest BCUT2D eigenvalue weighted by atomic mass is 16.5. The Kier molecular flexibility index (Phi) is 3.81. The molecule has 0 radical (unpaired) electrons. The summed E-state index contributed by atoms with van der Waals surface area (Å²) in [5.41, 5.74) is 1.01. The predicted octanol–water partition coefficient (Wildman–Crippen LogP) is 1.51. The Morgan fingerprint density at radius 2 is 2.33 bits per heavy atom. The second kappa shape index (κ2) is 5.35. The van der Waals surface area contributed by atoms with Crippen molar-refractivity contribution in [3.05, 3.63) is 18.3 Å². The minimum atomic E-state index is -0.0742. The van der Waals surface area contributed by atoms with Gasteiger partial charge in [-0.1, -0.05) is 0 Å². The average molecular weight is 249 g/mol. The van der Waals surface area contributed by atoms with E-state index >= 15 is 0 Å². The summed E-state index contributed by atoms with van der Waals surface area (Å²) in [6.07, 6.45) is 2.46. The lowest BCUT2D eigenvalue weighted by molar-refractivity contribution is -0.121. The number of aromatic nitrogens is 1. The number of amides is 1. The Bertz CT molecular complexity index is 434. The molecule has 98 valence electrons. The maximum Gasteiger partial charge on any atom is 0.231 e. The molecular weight excluding hydrogens is 230 g/mol. The lowest BCUT2D eigenvalue weighted by atomic mass is 10.0. The quantitative estimate of drug-likeness (QED) is 0.882. The minimum absolute atomic E-state index is 0.0107. The highest BCUT2D eigenvalue weighted by Gasteiger charge is 2.30. The SMILES string of the molecule is C[C@H]1OCC[C@@H]1C(=O)Nc1cc(N(C)C)ccn1. The fourth-order valence-corrected chi connectivity index (χ4v) is 2.06. The molecule has 2 heterocycles. The highest BCUT2D eigenvalue weighted by Crippen LogP contribution is 2.22. The zero-order valence-electron chi connectivity index (χ0n) is 11.0. The molecule has 0 aromatic carbocycles. The topological polar surface area (TPSA) is 54.5 Å². The molecule has 1 fully saturated rings. The molecule has 2 rings (SSSR count). The number of nitrogens with one attached hydrogen (secondary N) is 1. The first kappa shape index (κ1) is 12.8. The zero-order chi connectivity index (χ0) is 13.1. The third kappa shape index (κ3) is 2.79. The summed E-state index contributed by atoms with van der Waals surface area (Å²) in [6, 6.07) is 3.76. The number of hydrogen-bond donors (Lipinski definition) is 1. The van der Waals surface area contributed by atoms with E-state index in [9.17, 15) is 4.79 Å². The maximum absolute atomic E-state index is 12.1. The maximum atomic E-state index is 12.1. The van der Waals surface area contributed by atoms with E-state index in [-0.39, 0.29) is 17.9 Å². The fourth-order valence-electron chi connectivity index (χ4n) is 2.06. The van der Waals surface area contributed by atoms with Gasteiger partial charge >= 0.3 is 0 Å². The van der Waals surface area contributed by atoms with E-state index in [2.05, 4.69) is 10.3 Å². The van der Waals surface area contributed by atoms with Crippen LogP contribution in [0.15, 0.2) is 18.3 Å². The van der Waals surface area contributed by atoms with Crippen molar-refractivity contribution < 1.29 is 9.53 Å². The van der Waals surface area contributed by atoms with Gasteiger partial charge in [0, 0.05) is 38.7 Å². The van der Waals surface area contributed by atoms with Crippen LogP contribution in [0.3, 0.4) is 0 Å². The number of anilines is 2. The number of ether oxygens (including phenoxy) is 1. The van der Waals surface area contributed by atoms with Gasteiger partial charge in [-0.25, -0.2) is 4.98 Å². The van der Waals surface area contributed by atoms with Gasteiger partial charge in [-0.05, 0) is 19.4 Å². The van der Waals surface area contributed by atoms with Crippen LogP contribution in [0, 0.1) is 5.92 Å². The molecular formula is C13H19N3O2. The van der Waals surface area contributed by atoms with Gasteiger partial charge in [-0.15, -0.1) is 0 Å². The Morgan fingerprint density at radius 3 is 2.94 bits per heavy atom. The van der Waals surface area contributed by atoms with Crippen molar-refractivity contribution in [3.8, 4) is 0 Å². The Labute approximate surface area is 107 Å². The molecule has 18 heavy (non-hydrogen) atoms. The number of carbonyl (C=O) groups excluding carboxylic acids is 1. The normalized spacial score (nSPS) is 22.8. The van der Waals surface area contributed by atoms with Gasteiger partial charge in [-0.2, -0.15) is 0 Å². The van der Waals surface area contributed by atoms with E-state index in [4.69, 9.17) is 4.74 Å². The molecule has 1 amide bonds. The summed E-state index contributed by atoms with van der Waals surface area (Å²) in [5.74, 6) is 0.503. The second-order valence-electron chi connectivity index (χ2n) is 4.75. The van der Waals surface area contributed by atoms with E-state index < -0.39 is 0 Å². The van der Waals surface area contributed by atoms with Crippen LogP contribution in [0.5, 0.6) is 0 Å². The van der Waals surface area contributed by atoms with Gasteiger partial charge in [0.2, 0.25) is 5.91 Å². The van der Waals surface area contributed by atoms with Gasteiger partial charge in [-0.3, -0.25) is 4.79 Å². The number of nitrogens with zero attached hydrogens (tertiary/aromatic N) is 2. The van der Waals surface area contributed by atoms with E-state index in [1.54, 1.807) is 6.20 Å². The van der Waals surface area contributed by atoms with E-state index in [0.717, 1.165) is 12.1 Å². The summed E-state index contributed by atoms with van der Waals surface area (Å²) in [4.78, 5) is 18.2. The molecule has 1 saturated heterocycles. The standard InChI is InChI=1S/C13H19N3O2/c1-9-11(5-7-18-9)13(17)15-12-8-10(16(2)3)4-6-14-12/h4,6,8-9,11H,5,7H2,1-3H3,(H,14,15,17)/t9-,11+/m1/s1. The Hall–Kier alpha value is -1.62. The predicted molar refractivity (Wildman–Crippen MR) is 70.7 cm³/mol. The third-order valence-electron chi connectivity index (χ3n) is 3.22. The summed E-state index contributed by atoms with van der Waals surface area (Å²) < 4.78 is 5.40. The van der Waals surface area contributed by atoms with Crippen molar-refractivity contribution in [2.75, 3.05) is 30.9 Å². The number of carbonyl (C=O) groups is 1. The highest BCUT2D eigenvalue weighted by molar-refractivity contribution is 5.92. The average Bonchev–Trinajstić information content (AvgIpc) is 2.76. The molecule has 5 nitrogen and oxygen atoms in total. The first-order valence-corrected chi connectivity index (χ1v) is 6.14. The van der Waals surface area contributed by atoms with Gasteiger partial charge in [0.1, 0.15) is 5.82 Å². The number of pyridine rings is 1. The van der Waals surface area contributed by atoms with Crippen LogP contribution in [0.1, 0.15) is 13.3 Å².